The van der Waals surface area contributed by atoms with Gasteiger partial charge < -0.3 is 5.32 Å². The van der Waals surface area contributed by atoms with Crippen LogP contribution in [0, 0.1) is 0 Å². The Hall–Kier alpha value is -1.58. The molecule has 0 spiro atoms. The van der Waals surface area contributed by atoms with Crippen LogP contribution in [0.3, 0.4) is 0 Å². The summed E-state index contributed by atoms with van der Waals surface area (Å²) in [6, 6.07) is 1.79. The summed E-state index contributed by atoms with van der Waals surface area (Å²) in [5, 5.41) is 6.67. The third-order valence-electron chi connectivity index (χ3n) is 1.54. The quantitative estimate of drug-likeness (QED) is 0.530. The zero-order valence-electron chi connectivity index (χ0n) is 7.44. The van der Waals surface area contributed by atoms with Gasteiger partial charge >= 0.3 is 0 Å². The van der Waals surface area contributed by atoms with Crippen LogP contribution in [-0.4, -0.2) is 22.2 Å². The summed E-state index contributed by atoms with van der Waals surface area (Å²) < 4.78 is 1.59. The van der Waals surface area contributed by atoms with Crippen LogP contribution in [-0.2, 0) is 11.3 Å². The minimum absolute atomic E-state index is 0.0226. The molecule has 1 N–H and O–H groups in total. The molecule has 1 aromatic heterocycles. The maximum atomic E-state index is 11.2. The van der Waals surface area contributed by atoms with Crippen molar-refractivity contribution in [1.29, 1.82) is 0 Å². The second-order valence-corrected chi connectivity index (χ2v) is 2.63. The van der Waals surface area contributed by atoms with E-state index in [-0.39, 0.29) is 12.5 Å². The van der Waals surface area contributed by atoms with Crippen molar-refractivity contribution in [2.75, 3.05) is 6.54 Å². The lowest BCUT2D eigenvalue weighted by Gasteiger charge is -2.02. The van der Waals surface area contributed by atoms with Crippen molar-refractivity contribution in [1.82, 2.24) is 15.1 Å². The van der Waals surface area contributed by atoms with Crippen LogP contribution >= 0.6 is 0 Å². The molecule has 0 atom stereocenters. The highest BCUT2D eigenvalue weighted by molar-refractivity contribution is 5.75. The van der Waals surface area contributed by atoms with E-state index in [4.69, 9.17) is 0 Å². The van der Waals surface area contributed by atoms with E-state index >= 15 is 0 Å². The molecule has 4 nitrogen and oxygen atoms in total. The lowest BCUT2D eigenvalue weighted by atomic mass is 10.4. The minimum atomic E-state index is -0.0226. The lowest BCUT2D eigenvalue weighted by Crippen LogP contribution is -2.28. The second kappa shape index (κ2) is 5.13. The van der Waals surface area contributed by atoms with Crippen molar-refractivity contribution in [3.63, 3.8) is 0 Å². The fourth-order valence-corrected chi connectivity index (χ4v) is 0.911. The third kappa shape index (κ3) is 3.55. The maximum absolute atomic E-state index is 11.2. The molecule has 1 rings (SSSR count). The van der Waals surface area contributed by atoms with Crippen LogP contribution in [0.5, 0.6) is 0 Å². The van der Waals surface area contributed by atoms with E-state index in [9.17, 15) is 4.79 Å². The van der Waals surface area contributed by atoms with Crippen molar-refractivity contribution < 1.29 is 4.79 Å². The lowest BCUT2D eigenvalue weighted by molar-refractivity contribution is -0.121. The summed E-state index contributed by atoms with van der Waals surface area (Å²) in [6.07, 6.45) is 5.98. The molecule has 70 valence electrons. The van der Waals surface area contributed by atoms with Crippen molar-refractivity contribution >= 4 is 5.91 Å². The molecule has 4 heteroatoms. The first-order valence-electron chi connectivity index (χ1n) is 4.18. The average molecular weight is 179 g/mol. The number of rotatable bonds is 5. The molecular formula is C9H13N3O. The molecular weight excluding hydrogens is 166 g/mol. The van der Waals surface area contributed by atoms with Gasteiger partial charge in [0.25, 0.3) is 0 Å². The van der Waals surface area contributed by atoms with Gasteiger partial charge in [0.2, 0.25) is 5.91 Å². The highest BCUT2D eigenvalue weighted by Gasteiger charge is 1.99. The van der Waals surface area contributed by atoms with Crippen LogP contribution in [0.1, 0.15) is 6.42 Å². The Labute approximate surface area is 77.3 Å². The van der Waals surface area contributed by atoms with Gasteiger partial charge in [-0.3, -0.25) is 9.48 Å². The predicted octanol–water partition coefficient (Wildman–Crippen LogP) is 0.575. The molecule has 0 aromatic carbocycles. The van der Waals surface area contributed by atoms with Crippen LogP contribution in [0.15, 0.2) is 31.1 Å². The highest BCUT2D eigenvalue weighted by atomic mass is 16.2. The van der Waals surface area contributed by atoms with Crippen molar-refractivity contribution in [2.45, 2.75) is 13.0 Å². The third-order valence-corrected chi connectivity index (χ3v) is 1.54. The van der Waals surface area contributed by atoms with Gasteiger partial charge in [0.05, 0.1) is 0 Å². The van der Waals surface area contributed by atoms with Gasteiger partial charge in [-0.15, -0.1) is 6.58 Å². The Balaban J connectivity index is 2.22. The number of hydrogen-bond donors (Lipinski definition) is 1. The number of aromatic nitrogens is 2. The predicted molar refractivity (Wildman–Crippen MR) is 50.1 cm³/mol. The zero-order chi connectivity index (χ0) is 9.52. The Bertz CT molecular complexity index is 266. The molecule has 1 heterocycles. The molecule has 1 aromatic rings. The number of amides is 1. The van der Waals surface area contributed by atoms with Gasteiger partial charge in [0.1, 0.15) is 6.54 Å². The van der Waals surface area contributed by atoms with E-state index in [2.05, 4.69) is 17.0 Å². The number of hydrogen-bond acceptors (Lipinski definition) is 2. The molecule has 0 radical (unpaired) electrons. The Morgan fingerprint density at radius 3 is 3.15 bits per heavy atom. The van der Waals surface area contributed by atoms with Gasteiger partial charge in [0.15, 0.2) is 0 Å². The molecule has 0 fully saturated rings. The second-order valence-electron chi connectivity index (χ2n) is 2.63. The first kappa shape index (κ1) is 9.51. The largest absolute Gasteiger partial charge is 0.354 e. The summed E-state index contributed by atoms with van der Waals surface area (Å²) >= 11 is 0. The fraction of sp³-hybridized carbons (Fsp3) is 0.333. The van der Waals surface area contributed by atoms with Crippen LogP contribution in [0.2, 0.25) is 0 Å². The molecule has 0 bridgehead atoms. The number of carbonyl (C=O) groups excluding carboxylic acids is 1. The topological polar surface area (TPSA) is 46.9 Å². The highest BCUT2D eigenvalue weighted by Crippen LogP contribution is 1.84. The number of carbonyl (C=O) groups is 1. The summed E-state index contributed by atoms with van der Waals surface area (Å²) in [5.74, 6) is -0.0226. The SMILES string of the molecule is C=CCCNC(=O)Cn1cccn1. The van der Waals surface area contributed by atoms with Crippen LogP contribution < -0.4 is 5.32 Å². The molecule has 0 saturated heterocycles. The van der Waals surface area contributed by atoms with E-state index in [1.54, 1.807) is 29.2 Å². The van der Waals surface area contributed by atoms with E-state index in [1.165, 1.54) is 0 Å². The standard InChI is InChI=1S/C9H13N3O/c1-2-3-5-10-9(13)8-12-7-4-6-11-12/h2,4,6-7H,1,3,5,8H2,(H,10,13). The molecule has 0 aliphatic carbocycles. The normalized spacial score (nSPS) is 9.54. The van der Waals surface area contributed by atoms with Crippen LogP contribution in [0.4, 0.5) is 0 Å². The van der Waals surface area contributed by atoms with E-state index in [1.807, 2.05) is 0 Å². The van der Waals surface area contributed by atoms with Crippen molar-refractivity contribution in [2.24, 2.45) is 0 Å². The number of nitrogens with one attached hydrogen (secondary N) is 1. The summed E-state index contributed by atoms with van der Waals surface area (Å²) in [4.78, 5) is 11.2. The van der Waals surface area contributed by atoms with Gasteiger partial charge in [-0.1, -0.05) is 6.08 Å². The Morgan fingerprint density at radius 2 is 2.54 bits per heavy atom. The molecule has 0 unspecified atom stereocenters. The number of nitrogens with zero attached hydrogens (tertiary/aromatic N) is 2. The smallest absolute Gasteiger partial charge is 0.241 e. The first-order chi connectivity index (χ1) is 6.33. The molecule has 13 heavy (non-hydrogen) atoms. The van der Waals surface area contributed by atoms with Crippen molar-refractivity contribution in [3.8, 4) is 0 Å². The molecule has 0 saturated carbocycles. The minimum Gasteiger partial charge on any atom is -0.354 e. The average Bonchev–Trinajstić information content (AvgIpc) is 2.57. The first-order valence-corrected chi connectivity index (χ1v) is 4.18. The van der Waals surface area contributed by atoms with Gasteiger partial charge in [0, 0.05) is 18.9 Å². The Kier molecular flexibility index (Phi) is 3.75. The fourth-order valence-electron chi connectivity index (χ4n) is 0.911. The Morgan fingerprint density at radius 1 is 1.69 bits per heavy atom. The summed E-state index contributed by atoms with van der Waals surface area (Å²) in [7, 11) is 0. The summed E-state index contributed by atoms with van der Waals surface area (Å²) in [5.41, 5.74) is 0. The van der Waals surface area contributed by atoms with Crippen LogP contribution in [0.25, 0.3) is 0 Å². The van der Waals surface area contributed by atoms with E-state index in [0.29, 0.717) is 6.54 Å². The van der Waals surface area contributed by atoms with E-state index in [0.717, 1.165) is 6.42 Å². The molecule has 1 amide bonds. The molecule has 0 aliphatic rings. The maximum Gasteiger partial charge on any atom is 0.241 e. The monoisotopic (exact) mass is 179 g/mol. The molecule has 0 aliphatic heterocycles. The van der Waals surface area contributed by atoms with E-state index < -0.39 is 0 Å². The van der Waals surface area contributed by atoms with Crippen molar-refractivity contribution in [3.05, 3.63) is 31.1 Å². The zero-order valence-corrected chi connectivity index (χ0v) is 7.44. The van der Waals surface area contributed by atoms with Gasteiger partial charge in [-0.2, -0.15) is 5.10 Å². The summed E-state index contributed by atoms with van der Waals surface area (Å²) in [6.45, 7) is 4.49. The van der Waals surface area contributed by atoms with Gasteiger partial charge in [-0.05, 0) is 12.5 Å². The van der Waals surface area contributed by atoms with Gasteiger partial charge in [-0.25, -0.2) is 0 Å².